The highest BCUT2D eigenvalue weighted by Crippen LogP contribution is 2.48. The number of hydrogen-bond donors (Lipinski definition) is 0. The minimum absolute atomic E-state index is 0.244. The van der Waals surface area contributed by atoms with Gasteiger partial charge in [-0.05, 0) is 109 Å². The molecule has 178 valence electrons. The minimum Gasteiger partial charge on any atom is -0.547 e. The fourth-order valence-corrected chi connectivity index (χ4v) is 5.24. The van der Waals surface area contributed by atoms with Gasteiger partial charge in [0, 0.05) is 6.42 Å². The van der Waals surface area contributed by atoms with Crippen molar-refractivity contribution < 1.29 is 4.43 Å². The summed E-state index contributed by atoms with van der Waals surface area (Å²) in [5.41, 5.74) is 4.69. The molecule has 2 heteroatoms. The van der Waals surface area contributed by atoms with Gasteiger partial charge < -0.3 is 4.43 Å². The molecule has 0 saturated heterocycles. The zero-order chi connectivity index (χ0) is 23.9. The van der Waals surface area contributed by atoms with Gasteiger partial charge in [-0.15, -0.1) is 0 Å². The van der Waals surface area contributed by atoms with E-state index in [-0.39, 0.29) is 5.04 Å². The van der Waals surface area contributed by atoms with Gasteiger partial charge in [-0.3, -0.25) is 0 Å². The second-order valence-electron chi connectivity index (χ2n) is 12.2. The maximum atomic E-state index is 6.78. The van der Waals surface area contributed by atoms with Crippen LogP contribution in [0, 0.1) is 11.3 Å². The van der Waals surface area contributed by atoms with E-state index in [0.29, 0.717) is 11.3 Å². The van der Waals surface area contributed by atoms with Crippen LogP contribution in [-0.2, 0) is 4.43 Å². The lowest BCUT2D eigenvalue weighted by molar-refractivity contribution is 0.132. The van der Waals surface area contributed by atoms with Crippen molar-refractivity contribution in [1.82, 2.24) is 0 Å². The molecule has 0 heterocycles. The number of rotatable bonds is 10. The van der Waals surface area contributed by atoms with Crippen LogP contribution >= 0.6 is 0 Å². The Morgan fingerprint density at radius 1 is 1.03 bits per heavy atom. The molecule has 0 bridgehead atoms. The Balaban J connectivity index is 2.92. The summed E-state index contributed by atoms with van der Waals surface area (Å²) in [6.07, 6.45) is 17.9. The Labute approximate surface area is 196 Å². The first-order chi connectivity index (χ1) is 14.2. The third-order valence-corrected chi connectivity index (χ3v) is 11.9. The van der Waals surface area contributed by atoms with Crippen LogP contribution < -0.4 is 0 Å². The van der Waals surface area contributed by atoms with Crippen molar-refractivity contribution in [2.45, 2.75) is 125 Å². The lowest BCUT2D eigenvalue weighted by Crippen LogP contribution is -2.42. The average molecular weight is 445 g/mol. The molecular weight excluding hydrogens is 392 g/mol. The van der Waals surface area contributed by atoms with E-state index in [1.807, 2.05) is 0 Å². The predicted molar refractivity (Wildman–Crippen MR) is 143 cm³/mol. The Morgan fingerprint density at radius 3 is 2.19 bits per heavy atom. The van der Waals surface area contributed by atoms with Crippen molar-refractivity contribution in [3.8, 4) is 0 Å². The van der Waals surface area contributed by atoms with Crippen LogP contribution in [0.4, 0.5) is 0 Å². The highest BCUT2D eigenvalue weighted by molar-refractivity contribution is 6.74. The molecule has 0 radical (unpaired) electrons. The maximum Gasteiger partial charge on any atom is 0.250 e. The lowest BCUT2D eigenvalue weighted by Gasteiger charge is -2.44. The molecule has 1 aliphatic carbocycles. The summed E-state index contributed by atoms with van der Waals surface area (Å²) in [6.45, 7) is 25.4. The largest absolute Gasteiger partial charge is 0.547 e. The summed E-state index contributed by atoms with van der Waals surface area (Å²) in [6, 6.07) is 0. The fraction of sp³-hybridized carbons (Fsp3) is 0.724. The molecule has 31 heavy (non-hydrogen) atoms. The lowest BCUT2D eigenvalue weighted by atomic mass is 9.65. The molecule has 0 fully saturated rings. The quantitative estimate of drug-likeness (QED) is 0.240. The first-order valence-corrected chi connectivity index (χ1v) is 15.4. The summed E-state index contributed by atoms with van der Waals surface area (Å²) < 4.78 is 6.78. The van der Waals surface area contributed by atoms with Gasteiger partial charge in [0.05, 0.1) is 5.76 Å². The third kappa shape index (κ3) is 9.56. The van der Waals surface area contributed by atoms with Crippen molar-refractivity contribution in [2.24, 2.45) is 11.3 Å². The Morgan fingerprint density at radius 2 is 1.65 bits per heavy atom. The molecular formula is C29H52OSi. The van der Waals surface area contributed by atoms with E-state index in [1.54, 1.807) is 0 Å². The van der Waals surface area contributed by atoms with Crippen LogP contribution in [-0.4, -0.2) is 8.32 Å². The molecule has 0 aromatic heterocycles. The van der Waals surface area contributed by atoms with Crippen LogP contribution in [0.25, 0.3) is 0 Å². The van der Waals surface area contributed by atoms with Gasteiger partial charge in [0.15, 0.2) is 0 Å². The first-order valence-electron chi connectivity index (χ1n) is 12.5. The first kappa shape index (κ1) is 28.0. The van der Waals surface area contributed by atoms with Crippen molar-refractivity contribution in [2.75, 3.05) is 0 Å². The van der Waals surface area contributed by atoms with E-state index in [2.05, 4.69) is 99.7 Å². The van der Waals surface area contributed by atoms with Crippen LogP contribution in [0.2, 0.25) is 18.1 Å². The molecule has 1 aliphatic rings. The van der Waals surface area contributed by atoms with Crippen molar-refractivity contribution in [3.63, 3.8) is 0 Å². The average Bonchev–Trinajstić information content (AvgIpc) is 2.59. The molecule has 1 rings (SSSR count). The van der Waals surface area contributed by atoms with E-state index in [1.165, 1.54) is 54.6 Å². The van der Waals surface area contributed by atoms with Crippen molar-refractivity contribution in [3.05, 3.63) is 46.8 Å². The van der Waals surface area contributed by atoms with E-state index < -0.39 is 8.32 Å². The van der Waals surface area contributed by atoms with E-state index in [9.17, 15) is 0 Å². The summed E-state index contributed by atoms with van der Waals surface area (Å²) in [5, 5.41) is 0.244. The van der Waals surface area contributed by atoms with E-state index >= 15 is 0 Å². The minimum atomic E-state index is -1.78. The Hall–Kier alpha value is -1.02. The molecule has 0 spiro atoms. The topological polar surface area (TPSA) is 9.23 Å². The summed E-state index contributed by atoms with van der Waals surface area (Å²) in [4.78, 5) is 0. The van der Waals surface area contributed by atoms with Gasteiger partial charge in [-0.2, -0.15) is 0 Å². The standard InChI is InChI=1S/C29H52OSi/c1-23(2)14-12-15-25(5)16-13-21-29(9)22-27(30-31(10,11)28(6,7)8)20-19-26(29)18-17-24(3)4/h14,16-17,20,26H,12-13,15,18-19,21-22H2,1-11H3/b25-16+/t26-,29-/m0/s1. The SMILES string of the molecule is CC(C)=CCC/C(C)=C/CC[C@@]1(C)CC(O[Si](C)(C)C(C)(C)C)=CC[C@@H]1CC=C(C)C. The molecule has 2 atom stereocenters. The summed E-state index contributed by atoms with van der Waals surface area (Å²) in [7, 11) is -1.78. The zero-order valence-electron chi connectivity index (χ0n) is 22.7. The van der Waals surface area contributed by atoms with Crippen LogP contribution in [0.1, 0.15) is 107 Å². The van der Waals surface area contributed by atoms with Crippen molar-refractivity contribution >= 4 is 8.32 Å². The normalized spacial score (nSPS) is 22.6. The molecule has 0 aliphatic heterocycles. The van der Waals surface area contributed by atoms with Gasteiger partial charge >= 0.3 is 0 Å². The van der Waals surface area contributed by atoms with E-state index in [4.69, 9.17) is 4.43 Å². The fourth-order valence-electron chi connectivity index (χ4n) is 4.12. The zero-order valence-corrected chi connectivity index (χ0v) is 23.7. The second-order valence-corrected chi connectivity index (χ2v) is 16.9. The van der Waals surface area contributed by atoms with E-state index in [0.717, 1.165) is 12.8 Å². The number of hydrogen-bond acceptors (Lipinski definition) is 1. The van der Waals surface area contributed by atoms with Gasteiger partial charge in [0.1, 0.15) is 0 Å². The molecule has 1 nitrogen and oxygen atoms in total. The van der Waals surface area contributed by atoms with Gasteiger partial charge in [-0.25, -0.2) is 0 Å². The third-order valence-electron chi connectivity index (χ3n) is 7.50. The van der Waals surface area contributed by atoms with Gasteiger partial charge in [-0.1, -0.05) is 62.6 Å². The van der Waals surface area contributed by atoms with Gasteiger partial charge in [0.2, 0.25) is 8.32 Å². The van der Waals surface area contributed by atoms with Gasteiger partial charge in [0.25, 0.3) is 0 Å². The number of allylic oxidation sites excluding steroid dienone is 8. The molecule has 0 aromatic carbocycles. The van der Waals surface area contributed by atoms with Crippen LogP contribution in [0.3, 0.4) is 0 Å². The maximum absolute atomic E-state index is 6.78. The predicted octanol–water partition coefficient (Wildman–Crippen LogP) is 10.1. The molecule has 0 aromatic rings. The van der Waals surface area contributed by atoms with Crippen LogP contribution in [0.15, 0.2) is 46.8 Å². The Kier molecular flexibility index (Phi) is 10.6. The molecule has 0 saturated carbocycles. The summed E-state index contributed by atoms with van der Waals surface area (Å²) >= 11 is 0. The Bertz CT molecular complexity index is 691. The molecule has 0 unspecified atom stereocenters. The van der Waals surface area contributed by atoms with Crippen molar-refractivity contribution in [1.29, 1.82) is 0 Å². The summed E-state index contributed by atoms with van der Waals surface area (Å²) in [5.74, 6) is 1.97. The van der Waals surface area contributed by atoms with Crippen LogP contribution in [0.5, 0.6) is 0 Å². The monoisotopic (exact) mass is 444 g/mol. The highest BCUT2D eigenvalue weighted by Gasteiger charge is 2.42. The molecule has 0 N–H and O–H groups in total. The molecule has 0 amide bonds. The smallest absolute Gasteiger partial charge is 0.250 e. The second kappa shape index (κ2) is 11.7. The highest BCUT2D eigenvalue weighted by atomic mass is 28.4.